The van der Waals surface area contributed by atoms with Crippen molar-refractivity contribution in [3.05, 3.63) is 30.3 Å². The molecule has 0 aliphatic rings. The second-order valence-corrected chi connectivity index (χ2v) is 6.72. The second-order valence-electron chi connectivity index (χ2n) is 4.43. The van der Waals surface area contributed by atoms with Gasteiger partial charge in [0.2, 0.25) is 5.95 Å². The molecule has 21 heavy (non-hydrogen) atoms. The molecule has 3 N–H and O–H groups in total. The lowest BCUT2D eigenvalue weighted by atomic mass is 10.3. The molecule has 1 aromatic carbocycles. The number of thiazole rings is 1. The number of nitrogen functional groups attached to an aromatic ring is 1. The van der Waals surface area contributed by atoms with Gasteiger partial charge in [-0.15, -0.1) is 11.3 Å². The van der Waals surface area contributed by atoms with Crippen LogP contribution in [0.2, 0.25) is 0 Å². The van der Waals surface area contributed by atoms with Gasteiger partial charge in [-0.05, 0) is 30.3 Å². The van der Waals surface area contributed by atoms with Gasteiger partial charge >= 0.3 is 0 Å². The van der Waals surface area contributed by atoms with Crippen molar-refractivity contribution < 1.29 is 0 Å². The van der Waals surface area contributed by atoms with E-state index in [9.17, 15) is 0 Å². The molecule has 0 fully saturated rings. The Balaban J connectivity index is 1.84. The molecule has 2 aromatic heterocycles. The maximum atomic E-state index is 5.77. The topological polar surface area (TPSA) is 76.7 Å². The van der Waals surface area contributed by atoms with Gasteiger partial charge in [0.25, 0.3) is 0 Å². The van der Waals surface area contributed by atoms with Crippen molar-refractivity contribution in [2.24, 2.45) is 0 Å². The summed E-state index contributed by atoms with van der Waals surface area (Å²) >= 11 is 3.16. The summed E-state index contributed by atoms with van der Waals surface area (Å²) in [7, 11) is 0. The van der Waals surface area contributed by atoms with Gasteiger partial charge in [0.1, 0.15) is 10.8 Å². The number of para-hydroxylation sites is 1. The fraction of sp³-hybridized carbons (Fsp3) is 0.214. The molecule has 5 nitrogen and oxygen atoms in total. The number of benzene rings is 1. The van der Waals surface area contributed by atoms with Crippen LogP contribution < -0.4 is 11.1 Å². The monoisotopic (exact) mass is 317 g/mol. The first-order valence-electron chi connectivity index (χ1n) is 6.66. The number of nitrogens with zero attached hydrogens (tertiary/aromatic N) is 3. The molecule has 0 aliphatic carbocycles. The summed E-state index contributed by atoms with van der Waals surface area (Å²) in [4.78, 5) is 13.0. The predicted molar refractivity (Wildman–Crippen MR) is 89.0 cm³/mol. The molecule has 0 aliphatic heterocycles. The van der Waals surface area contributed by atoms with Crippen LogP contribution in [-0.2, 0) is 0 Å². The van der Waals surface area contributed by atoms with Crippen molar-refractivity contribution in [3.8, 4) is 0 Å². The number of aromatic nitrogens is 3. The second kappa shape index (κ2) is 6.28. The van der Waals surface area contributed by atoms with Crippen molar-refractivity contribution in [1.29, 1.82) is 0 Å². The molecule has 0 atom stereocenters. The summed E-state index contributed by atoms with van der Waals surface area (Å²) in [6, 6.07) is 10.00. The van der Waals surface area contributed by atoms with Crippen LogP contribution in [-0.4, -0.2) is 21.5 Å². The third kappa shape index (κ3) is 3.43. The van der Waals surface area contributed by atoms with Crippen molar-refractivity contribution in [1.82, 2.24) is 15.0 Å². The predicted octanol–water partition coefficient (Wildman–Crippen LogP) is 3.64. The molecule has 108 valence electrons. The highest BCUT2D eigenvalue weighted by Crippen LogP contribution is 2.34. The number of hydrogen-bond acceptors (Lipinski definition) is 7. The maximum Gasteiger partial charge on any atom is 0.223 e. The van der Waals surface area contributed by atoms with E-state index < -0.39 is 0 Å². The highest BCUT2D eigenvalue weighted by Gasteiger charge is 2.08. The zero-order valence-electron chi connectivity index (χ0n) is 11.5. The molecule has 7 heteroatoms. The van der Waals surface area contributed by atoms with E-state index >= 15 is 0 Å². The van der Waals surface area contributed by atoms with E-state index in [4.69, 9.17) is 5.73 Å². The van der Waals surface area contributed by atoms with Crippen LogP contribution in [0.1, 0.15) is 13.3 Å². The highest BCUT2D eigenvalue weighted by molar-refractivity contribution is 8.01. The molecule has 3 rings (SSSR count). The fourth-order valence-corrected chi connectivity index (χ4v) is 3.84. The highest BCUT2D eigenvalue weighted by atomic mass is 32.2. The van der Waals surface area contributed by atoms with E-state index in [0.29, 0.717) is 0 Å². The van der Waals surface area contributed by atoms with Crippen LogP contribution >= 0.6 is 23.1 Å². The summed E-state index contributed by atoms with van der Waals surface area (Å²) < 4.78 is 2.13. The van der Waals surface area contributed by atoms with Crippen molar-refractivity contribution in [2.45, 2.75) is 22.7 Å². The molecular weight excluding hydrogens is 302 g/mol. The minimum absolute atomic E-state index is 0.278. The lowest BCUT2D eigenvalue weighted by Crippen LogP contribution is -2.05. The van der Waals surface area contributed by atoms with E-state index in [1.54, 1.807) is 11.3 Å². The van der Waals surface area contributed by atoms with E-state index in [2.05, 4.69) is 33.3 Å². The van der Waals surface area contributed by atoms with E-state index in [1.165, 1.54) is 16.5 Å². The summed E-state index contributed by atoms with van der Waals surface area (Å²) in [6.45, 7) is 2.97. The zero-order chi connectivity index (χ0) is 14.7. The normalized spacial score (nSPS) is 10.9. The lowest BCUT2D eigenvalue weighted by molar-refractivity contribution is 0.957. The SMILES string of the molecule is CCCNc1cc(Sc2nc3ccccc3s2)nc(N)n1. The molecule has 0 amide bonds. The number of rotatable bonds is 5. The van der Waals surface area contributed by atoms with Gasteiger partial charge in [0.15, 0.2) is 4.34 Å². The molecule has 0 unspecified atom stereocenters. The van der Waals surface area contributed by atoms with Crippen LogP contribution in [0, 0.1) is 0 Å². The summed E-state index contributed by atoms with van der Waals surface area (Å²) in [5.74, 6) is 1.03. The Kier molecular flexibility index (Phi) is 4.21. The van der Waals surface area contributed by atoms with Crippen LogP contribution in [0.25, 0.3) is 10.2 Å². The molecule has 0 radical (unpaired) electrons. The van der Waals surface area contributed by atoms with Crippen LogP contribution in [0.15, 0.2) is 39.7 Å². The van der Waals surface area contributed by atoms with E-state index in [-0.39, 0.29) is 5.95 Å². The third-order valence-electron chi connectivity index (χ3n) is 2.74. The number of anilines is 2. The standard InChI is InChI=1S/C14H15N5S2/c1-2-7-16-11-8-12(19-13(15)18-11)21-14-17-9-5-3-4-6-10(9)20-14/h3-6,8H,2,7H2,1H3,(H3,15,16,18,19). The Hall–Kier alpha value is -1.86. The summed E-state index contributed by atoms with van der Waals surface area (Å²) in [5.41, 5.74) is 6.78. The molecule has 0 bridgehead atoms. The van der Waals surface area contributed by atoms with Crippen LogP contribution in [0.5, 0.6) is 0 Å². The van der Waals surface area contributed by atoms with Gasteiger partial charge in [0, 0.05) is 12.6 Å². The van der Waals surface area contributed by atoms with Gasteiger partial charge in [0.05, 0.1) is 10.2 Å². The summed E-state index contributed by atoms with van der Waals surface area (Å²) in [6.07, 6.45) is 1.03. The van der Waals surface area contributed by atoms with Gasteiger partial charge in [-0.2, -0.15) is 4.98 Å². The Morgan fingerprint density at radius 2 is 2.10 bits per heavy atom. The Labute approximate surface area is 131 Å². The van der Waals surface area contributed by atoms with Crippen molar-refractivity contribution in [2.75, 3.05) is 17.6 Å². The average molecular weight is 317 g/mol. The average Bonchev–Trinajstić information content (AvgIpc) is 2.86. The Morgan fingerprint density at radius 1 is 1.24 bits per heavy atom. The van der Waals surface area contributed by atoms with Gasteiger partial charge in [-0.3, -0.25) is 0 Å². The first kappa shape index (κ1) is 14.1. The van der Waals surface area contributed by atoms with E-state index in [1.807, 2.05) is 24.3 Å². The third-order valence-corrected chi connectivity index (χ3v) is 4.76. The van der Waals surface area contributed by atoms with E-state index in [0.717, 1.165) is 33.7 Å². The largest absolute Gasteiger partial charge is 0.370 e. The molecule has 3 aromatic rings. The lowest BCUT2D eigenvalue weighted by Gasteiger charge is -2.06. The van der Waals surface area contributed by atoms with Gasteiger partial charge < -0.3 is 11.1 Å². The molecular formula is C14H15N5S2. The zero-order valence-corrected chi connectivity index (χ0v) is 13.2. The first-order chi connectivity index (χ1) is 10.2. The quantitative estimate of drug-likeness (QED) is 0.700. The molecule has 2 heterocycles. The smallest absolute Gasteiger partial charge is 0.223 e. The Morgan fingerprint density at radius 3 is 2.90 bits per heavy atom. The molecule has 0 spiro atoms. The molecule has 0 saturated carbocycles. The first-order valence-corrected chi connectivity index (χ1v) is 8.30. The van der Waals surface area contributed by atoms with Crippen LogP contribution in [0.4, 0.5) is 11.8 Å². The van der Waals surface area contributed by atoms with Crippen LogP contribution in [0.3, 0.4) is 0 Å². The maximum absolute atomic E-state index is 5.77. The fourth-order valence-electron chi connectivity index (χ4n) is 1.82. The number of fused-ring (bicyclic) bond motifs is 1. The number of hydrogen-bond donors (Lipinski definition) is 2. The molecule has 0 saturated heterocycles. The number of nitrogens with two attached hydrogens (primary N) is 1. The Bertz CT molecular complexity index is 723. The van der Waals surface area contributed by atoms with Crippen molar-refractivity contribution in [3.63, 3.8) is 0 Å². The number of nitrogens with one attached hydrogen (secondary N) is 1. The van der Waals surface area contributed by atoms with Gasteiger partial charge in [-0.1, -0.05) is 19.1 Å². The van der Waals surface area contributed by atoms with Crippen molar-refractivity contribution >= 4 is 45.1 Å². The summed E-state index contributed by atoms with van der Waals surface area (Å²) in [5, 5.41) is 4.03. The minimum Gasteiger partial charge on any atom is -0.370 e. The van der Waals surface area contributed by atoms with Gasteiger partial charge in [-0.25, -0.2) is 9.97 Å². The minimum atomic E-state index is 0.278.